The molecule has 0 aliphatic carbocycles. The van der Waals surface area contributed by atoms with Gasteiger partial charge < -0.3 is 4.98 Å². The van der Waals surface area contributed by atoms with Crippen LogP contribution in [0.25, 0.3) is 28.2 Å². The second kappa shape index (κ2) is 7.71. The van der Waals surface area contributed by atoms with Gasteiger partial charge in [0.25, 0.3) is 0 Å². The number of H-pyrrole nitrogens is 1. The predicted molar refractivity (Wildman–Crippen MR) is 116 cm³/mol. The van der Waals surface area contributed by atoms with Crippen molar-refractivity contribution < 1.29 is 8.42 Å². The first kappa shape index (κ1) is 19.2. The van der Waals surface area contributed by atoms with E-state index in [2.05, 4.69) is 11.1 Å². The lowest BCUT2D eigenvalue weighted by Crippen LogP contribution is -2.03. The van der Waals surface area contributed by atoms with Crippen LogP contribution in [-0.4, -0.2) is 13.4 Å². The van der Waals surface area contributed by atoms with Gasteiger partial charge in [0.05, 0.1) is 22.2 Å². The van der Waals surface area contributed by atoms with Crippen molar-refractivity contribution in [3.63, 3.8) is 0 Å². The van der Waals surface area contributed by atoms with E-state index in [-0.39, 0.29) is 9.80 Å². The van der Waals surface area contributed by atoms with Gasteiger partial charge in [0.2, 0.25) is 9.84 Å². The first-order valence-electron chi connectivity index (χ1n) is 9.08. The van der Waals surface area contributed by atoms with Crippen molar-refractivity contribution in [2.75, 3.05) is 0 Å². The normalized spacial score (nSPS) is 11.7. The monoisotopic (exact) mass is 409 g/mol. The summed E-state index contributed by atoms with van der Waals surface area (Å²) in [5, 5.41) is 19.5. The highest BCUT2D eigenvalue weighted by Crippen LogP contribution is 2.33. The Bertz CT molecular complexity index is 1450. The van der Waals surface area contributed by atoms with Gasteiger partial charge in [-0.2, -0.15) is 10.5 Å². The highest BCUT2D eigenvalue weighted by molar-refractivity contribution is 7.95. The van der Waals surface area contributed by atoms with Gasteiger partial charge >= 0.3 is 0 Å². The maximum atomic E-state index is 13.0. The minimum atomic E-state index is -3.96. The van der Waals surface area contributed by atoms with Crippen LogP contribution in [0.2, 0.25) is 0 Å². The summed E-state index contributed by atoms with van der Waals surface area (Å²) in [6.45, 7) is 0. The standard InChI is InChI=1S/C24H15N3O2S/c25-15-17-10-12-18(13-11-17)24-22(21-8-4-5-9-23(21)27-24)14-20(16-26)30(28,29)19-6-2-1-3-7-19/h1-14,27H/b20-14+. The molecular weight excluding hydrogens is 394 g/mol. The number of nitrogens with zero attached hydrogens (tertiary/aromatic N) is 2. The number of hydrogen-bond donors (Lipinski definition) is 1. The van der Waals surface area contributed by atoms with Crippen LogP contribution in [0.3, 0.4) is 0 Å². The Hall–Kier alpha value is -4.13. The molecule has 0 aliphatic heterocycles. The van der Waals surface area contributed by atoms with Crippen molar-refractivity contribution in [2.45, 2.75) is 4.90 Å². The van der Waals surface area contributed by atoms with Crippen LogP contribution in [0.1, 0.15) is 11.1 Å². The van der Waals surface area contributed by atoms with E-state index in [0.717, 1.165) is 16.5 Å². The second-order valence-electron chi connectivity index (χ2n) is 6.59. The number of nitriles is 2. The maximum absolute atomic E-state index is 13.0. The molecule has 0 unspecified atom stereocenters. The topological polar surface area (TPSA) is 97.5 Å². The van der Waals surface area contributed by atoms with E-state index >= 15 is 0 Å². The van der Waals surface area contributed by atoms with Crippen LogP contribution in [0.5, 0.6) is 0 Å². The molecular formula is C24H15N3O2S. The van der Waals surface area contributed by atoms with Gasteiger partial charge in [0, 0.05) is 16.5 Å². The molecule has 4 rings (SSSR count). The smallest absolute Gasteiger partial charge is 0.216 e. The van der Waals surface area contributed by atoms with Crippen molar-refractivity contribution in [1.29, 1.82) is 10.5 Å². The Morgan fingerprint density at radius 3 is 2.20 bits per heavy atom. The maximum Gasteiger partial charge on any atom is 0.216 e. The van der Waals surface area contributed by atoms with Crippen LogP contribution < -0.4 is 0 Å². The summed E-state index contributed by atoms with van der Waals surface area (Å²) in [5.41, 5.74) is 3.41. The largest absolute Gasteiger partial charge is 0.354 e. The molecule has 6 heteroatoms. The third kappa shape index (κ3) is 3.37. The van der Waals surface area contributed by atoms with E-state index in [9.17, 15) is 13.7 Å². The number of rotatable bonds is 4. The van der Waals surface area contributed by atoms with E-state index in [1.165, 1.54) is 18.2 Å². The zero-order chi connectivity index (χ0) is 21.1. The van der Waals surface area contributed by atoms with Crippen molar-refractivity contribution in [1.82, 2.24) is 4.98 Å². The van der Waals surface area contributed by atoms with Gasteiger partial charge in [0.1, 0.15) is 11.0 Å². The van der Waals surface area contributed by atoms with Crippen LogP contribution in [0.4, 0.5) is 0 Å². The Morgan fingerprint density at radius 1 is 0.867 bits per heavy atom. The molecule has 144 valence electrons. The average Bonchev–Trinajstić information content (AvgIpc) is 3.16. The zero-order valence-corrected chi connectivity index (χ0v) is 16.5. The molecule has 1 N–H and O–H groups in total. The molecule has 4 aromatic rings. The van der Waals surface area contributed by atoms with Gasteiger partial charge in [-0.3, -0.25) is 0 Å². The van der Waals surface area contributed by atoms with E-state index in [1.54, 1.807) is 42.5 Å². The number of allylic oxidation sites excluding steroid dienone is 1. The quantitative estimate of drug-likeness (QED) is 0.477. The molecule has 3 aromatic carbocycles. The van der Waals surface area contributed by atoms with Crippen molar-refractivity contribution in [3.05, 3.63) is 94.9 Å². The number of aromatic amines is 1. The Labute approximate surface area is 174 Å². The highest BCUT2D eigenvalue weighted by Gasteiger charge is 2.22. The molecule has 0 bridgehead atoms. The fourth-order valence-electron chi connectivity index (χ4n) is 3.28. The third-order valence-corrected chi connectivity index (χ3v) is 6.46. The molecule has 1 heterocycles. The number of sulfone groups is 1. The summed E-state index contributed by atoms with van der Waals surface area (Å²) < 4.78 is 26.0. The van der Waals surface area contributed by atoms with E-state index in [0.29, 0.717) is 16.8 Å². The SMILES string of the molecule is N#C/C(=C\c1c(-c2ccc(C#N)cc2)[nH]c2ccccc12)S(=O)(=O)c1ccccc1. The number of aromatic nitrogens is 1. The van der Waals surface area contributed by atoms with Crippen molar-refractivity contribution in [2.24, 2.45) is 0 Å². The van der Waals surface area contributed by atoms with Gasteiger partial charge in [-0.15, -0.1) is 0 Å². The second-order valence-corrected chi connectivity index (χ2v) is 8.50. The number of nitrogens with one attached hydrogen (secondary N) is 1. The number of benzene rings is 3. The van der Waals surface area contributed by atoms with E-state index in [1.807, 2.05) is 30.3 Å². The van der Waals surface area contributed by atoms with Crippen LogP contribution >= 0.6 is 0 Å². The molecule has 0 spiro atoms. The Balaban J connectivity index is 1.95. The highest BCUT2D eigenvalue weighted by atomic mass is 32.2. The average molecular weight is 409 g/mol. The fourth-order valence-corrected chi connectivity index (χ4v) is 4.44. The van der Waals surface area contributed by atoms with Crippen molar-refractivity contribution in [3.8, 4) is 23.4 Å². The summed E-state index contributed by atoms with van der Waals surface area (Å²) >= 11 is 0. The predicted octanol–water partition coefficient (Wildman–Crippen LogP) is 5.04. The molecule has 0 saturated carbocycles. The van der Waals surface area contributed by atoms with Crippen molar-refractivity contribution >= 4 is 26.8 Å². The minimum Gasteiger partial charge on any atom is -0.354 e. The molecule has 0 amide bonds. The van der Waals surface area contributed by atoms with Crippen LogP contribution in [-0.2, 0) is 9.84 Å². The lowest BCUT2D eigenvalue weighted by molar-refractivity contribution is 0.603. The first-order chi connectivity index (χ1) is 14.5. The van der Waals surface area contributed by atoms with E-state index in [4.69, 9.17) is 5.26 Å². The first-order valence-corrected chi connectivity index (χ1v) is 10.6. The molecule has 0 radical (unpaired) electrons. The molecule has 0 fully saturated rings. The summed E-state index contributed by atoms with van der Waals surface area (Å²) in [4.78, 5) is 3.03. The van der Waals surface area contributed by atoms with Gasteiger partial charge in [-0.25, -0.2) is 8.42 Å². The Kier molecular flexibility index (Phi) is 4.93. The Morgan fingerprint density at radius 2 is 1.53 bits per heavy atom. The lowest BCUT2D eigenvalue weighted by Gasteiger charge is -2.05. The molecule has 30 heavy (non-hydrogen) atoms. The summed E-state index contributed by atoms with van der Waals surface area (Å²) in [5.74, 6) is 0. The zero-order valence-electron chi connectivity index (χ0n) is 15.7. The van der Waals surface area contributed by atoms with Gasteiger partial charge in [-0.1, -0.05) is 48.5 Å². The summed E-state index contributed by atoms with van der Waals surface area (Å²) in [6.07, 6.45) is 1.41. The van der Waals surface area contributed by atoms with Gasteiger partial charge in [0.15, 0.2) is 0 Å². The minimum absolute atomic E-state index is 0.0672. The summed E-state index contributed by atoms with van der Waals surface area (Å²) in [6, 6.07) is 26.3. The summed E-state index contributed by atoms with van der Waals surface area (Å²) in [7, 11) is -3.96. The number of para-hydroxylation sites is 1. The fraction of sp³-hybridized carbons (Fsp3) is 0. The van der Waals surface area contributed by atoms with E-state index < -0.39 is 9.84 Å². The number of hydrogen-bond acceptors (Lipinski definition) is 4. The van der Waals surface area contributed by atoms with Crippen LogP contribution in [0.15, 0.2) is 88.7 Å². The molecule has 0 aliphatic rings. The third-order valence-electron chi connectivity index (χ3n) is 4.78. The lowest BCUT2D eigenvalue weighted by atomic mass is 10.0. The molecule has 0 atom stereocenters. The van der Waals surface area contributed by atoms with Gasteiger partial charge in [-0.05, 0) is 42.0 Å². The molecule has 5 nitrogen and oxygen atoms in total. The van der Waals surface area contributed by atoms with Crippen LogP contribution in [0, 0.1) is 22.7 Å². The molecule has 1 aromatic heterocycles. The number of fused-ring (bicyclic) bond motifs is 1. The molecule has 0 saturated heterocycles.